The summed E-state index contributed by atoms with van der Waals surface area (Å²) < 4.78 is 11.1. The maximum Gasteiger partial charge on any atom is 0.410 e. The highest BCUT2D eigenvalue weighted by molar-refractivity contribution is 5.68. The van der Waals surface area contributed by atoms with Gasteiger partial charge >= 0.3 is 6.09 Å². The van der Waals surface area contributed by atoms with Crippen LogP contribution in [0.4, 0.5) is 4.79 Å². The smallest absolute Gasteiger partial charge is 0.410 e. The molecule has 98 valence electrons. The van der Waals surface area contributed by atoms with E-state index in [0.29, 0.717) is 6.10 Å². The summed E-state index contributed by atoms with van der Waals surface area (Å²) in [5, 5.41) is 0. The van der Waals surface area contributed by atoms with Crippen LogP contribution < -0.4 is 0 Å². The molecule has 0 N–H and O–H groups in total. The zero-order valence-electron chi connectivity index (χ0n) is 11.3. The Morgan fingerprint density at radius 3 is 2.41 bits per heavy atom. The summed E-state index contributed by atoms with van der Waals surface area (Å²) in [4.78, 5) is 13.7. The van der Waals surface area contributed by atoms with Crippen LogP contribution in [0, 0.1) is 0 Å². The summed E-state index contributed by atoms with van der Waals surface area (Å²) in [5.74, 6) is 0. The molecule has 0 aliphatic carbocycles. The molecule has 1 spiro atoms. The fraction of sp³-hybridized carbons (Fsp3) is 0.923. The third-order valence-electron chi connectivity index (χ3n) is 3.54. The lowest BCUT2D eigenvalue weighted by molar-refractivity contribution is 0.0165. The molecule has 0 aromatic heterocycles. The van der Waals surface area contributed by atoms with Gasteiger partial charge in [-0.25, -0.2) is 4.79 Å². The van der Waals surface area contributed by atoms with E-state index in [1.807, 2.05) is 20.8 Å². The van der Waals surface area contributed by atoms with E-state index in [4.69, 9.17) is 9.47 Å². The van der Waals surface area contributed by atoms with Gasteiger partial charge in [-0.15, -0.1) is 0 Å². The van der Waals surface area contributed by atoms with Crippen molar-refractivity contribution in [1.82, 2.24) is 4.90 Å². The van der Waals surface area contributed by atoms with Crippen molar-refractivity contribution in [3.05, 3.63) is 0 Å². The maximum atomic E-state index is 11.9. The van der Waals surface area contributed by atoms with E-state index >= 15 is 0 Å². The van der Waals surface area contributed by atoms with Crippen LogP contribution in [0.1, 0.15) is 47.0 Å². The van der Waals surface area contributed by atoms with Gasteiger partial charge in [-0.1, -0.05) is 6.92 Å². The number of piperidine rings is 1. The molecule has 2 rings (SSSR count). The van der Waals surface area contributed by atoms with Gasteiger partial charge in [-0.05, 0) is 40.0 Å². The minimum absolute atomic E-state index is 0.0905. The molecule has 2 aliphatic rings. The number of ether oxygens (including phenoxy) is 2. The Bertz CT molecular complexity index is 300. The summed E-state index contributed by atoms with van der Waals surface area (Å²) in [6, 6.07) is 0. The average Bonchev–Trinajstić information content (AvgIpc) is 2.90. The van der Waals surface area contributed by atoms with Crippen LogP contribution in [0.3, 0.4) is 0 Å². The highest BCUT2D eigenvalue weighted by Crippen LogP contribution is 2.46. The van der Waals surface area contributed by atoms with Crippen molar-refractivity contribution in [2.45, 2.75) is 64.3 Å². The van der Waals surface area contributed by atoms with Crippen molar-refractivity contribution >= 4 is 6.09 Å². The first-order chi connectivity index (χ1) is 7.86. The molecule has 2 heterocycles. The van der Waals surface area contributed by atoms with Crippen LogP contribution in [0.5, 0.6) is 0 Å². The van der Waals surface area contributed by atoms with Gasteiger partial charge in [0.2, 0.25) is 0 Å². The van der Waals surface area contributed by atoms with Crippen LogP contribution >= 0.6 is 0 Å². The van der Waals surface area contributed by atoms with Crippen molar-refractivity contribution in [2.24, 2.45) is 0 Å². The third-order valence-corrected chi connectivity index (χ3v) is 3.54. The molecule has 0 unspecified atom stereocenters. The van der Waals surface area contributed by atoms with E-state index in [1.165, 1.54) is 0 Å². The normalized spacial score (nSPS) is 27.1. The second kappa shape index (κ2) is 4.16. The first-order valence-electron chi connectivity index (χ1n) is 6.52. The largest absolute Gasteiger partial charge is 0.444 e. The van der Waals surface area contributed by atoms with E-state index in [0.717, 1.165) is 32.4 Å². The van der Waals surface area contributed by atoms with Crippen LogP contribution in [-0.2, 0) is 9.47 Å². The van der Waals surface area contributed by atoms with E-state index in [9.17, 15) is 4.79 Å². The monoisotopic (exact) mass is 241 g/mol. The summed E-state index contributed by atoms with van der Waals surface area (Å²) in [5.41, 5.74) is -0.318. The summed E-state index contributed by atoms with van der Waals surface area (Å²) >= 11 is 0. The lowest BCUT2D eigenvalue weighted by Crippen LogP contribution is -2.44. The molecule has 2 saturated heterocycles. The molecule has 4 heteroatoms. The zero-order chi connectivity index (χ0) is 12.7. The second-order valence-electron chi connectivity index (χ2n) is 6.05. The molecule has 4 nitrogen and oxygen atoms in total. The number of epoxide rings is 1. The fourth-order valence-corrected chi connectivity index (χ4v) is 2.54. The number of carbonyl (C=O) groups excluding carboxylic acids is 1. The van der Waals surface area contributed by atoms with E-state index in [1.54, 1.807) is 4.90 Å². The van der Waals surface area contributed by atoms with E-state index < -0.39 is 5.60 Å². The summed E-state index contributed by atoms with van der Waals surface area (Å²) in [6.07, 6.45) is 3.20. The van der Waals surface area contributed by atoms with Crippen molar-refractivity contribution < 1.29 is 14.3 Å². The molecule has 0 aromatic rings. The van der Waals surface area contributed by atoms with Crippen LogP contribution in [-0.4, -0.2) is 41.4 Å². The van der Waals surface area contributed by atoms with Crippen LogP contribution in [0.25, 0.3) is 0 Å². The first kappa shape index (κ1) is 12.7. The predicted octanol–water partition coefficient (Wildman–Crippen LogP) is 2.56. The molecular weight excluding hydrogens is 218 g/mol. The van der Waals surface area contributed by atoms with Crippen LogP contribution in [0.2, 0.25) is 0 Å². The second-order valence-corrected chi connectivity index (χ2v) is 6.05. The predicted molar refractivity (Wildman–Crippen MR) is 64.9 cm³/mol. The number of likely N-dealkylation sites (tertiary alicyclic amines) is 1. The van der Waals surface area contributed by atoms with Crippen molar-refractivity contribution in [2.75, 3.05) is 13.1 Å². The Labute approximate surface area is 103 Å². The van der Waals surface area contributed by atoms with Gasteiger partial charge in [0.1, 0.15) is 5.60 Å². The minimum Gasteiger partial charge on any atom is -0.444 e. The Balaban J connectivity index is 1.82. The number of amides is 1. The zero-order valence-corrected chi connectivity index (χ0v) is 11.3. The molecule has 2 fully saturated rings. The maximum absolute atomic E-state index is 11.9. The van der Waals surface area contributed by atoms with E-state index in [-0.39, 0.29) is 11.7 Å². The molecule has 0 bridgehead atoms. The highest BCUT2D eigenvalue weighted by Gasteiger charge is 2.56. The van der Waals surface area contributed by atoms with Gasteiger partial charge in [-0.3, -0.25) is 0 Å². The highest BCUT2D eigenvalue weighted by atomic mass is 16.6. The fourth-order valence-electron chi connectivity index (χ4n) is 2.54. The molecule has 0 radical (unpaired) electrons. The van der Waals surface area contributed by atoms with Gasteiger partial charge in [0, 0.05) is 13.1 Å². The van der Waals surface area contributed by atoms with Crippen molar-refractivity contribution in [3.63, 3.8) is 0 Å². The van der Waals surface area contributed by atoms with Gasteiger partial charge in [0.15, 0.2) is 0 Å². The van der Waals surface area contributed by atoms with E-state index in [2.05, 4.69) is 6.92 Å². The molecule has 0 saturated carbocycles. The number of rotatable bonds is 1. The summed E-state index contributed by atoms with van der Waals surface area (Å²) in [7, 11) is 0. The number of hydrogen-bond donors (Lipinski definition) is 0. The Hall–Kier alpha value is -0.770. The van der Waals surface area contributed by atoms with Crippen molar-refractivity contribution in [1.29, 1.82) is 0 Å². The molecular formula is C13H23NO3. The molecule has 0 aromatic carbocycles. The average molecular weight is 241 g/mol. The minimum atomic E-state index is -0.408. The molecule has 2 aliphatic heterocycles. The first-order valence-corrected chi connectivity index (χ1v) is 6.52. The number of carbonyl (C=O) groups is 1. The lowest BCUT2D eigenvalue weighted by Gasteiger charge is -2.32. The molecule has 1 atom stereocenters. The Morgan fingerprint density at radius 1 is 1.41 bits per heavy atom. The van der Waals surface area contributed by atoms with Gasteiger partial charge < -0.3 is 14.4 Å². The third kappa shape index (κ3) is 2.73. The molecule has 17 heavy (non-hydrogen) atoms. The standard InChI is InChI=1S/C13H23NO3/c1-5-10-13(16-10)6-8-14(9-7-13)11(15)17-12(2,3)4/h10H,5-9H2,1-4H3/t10-/m1/s1. The molecule has 1 amide bonds. The lowest BCUT2D eigenvalue weighted by atomic mass is 9.92. The summed E-state index contributed by atoms with van der Waals surface area (Å²) in [6.45, 7) is 9.35. The van der Waals surface area contributed by atoms with Gasteiger partial charge in [-0.2, -0.15) is 0 Å². The van der Waals surface area contributed by atoms with Crippen molar-refractivity contribution in [3.8, 4) is 0 Å². The Morgan fingerprint density at radius 2 is 2.00 bits per heavy atom. The number of hydrogen-bond acceptors (Lipinski definition) is 3. The van der Waals surface area contributed by atoms with Crippen LogP contribution in [0.15, 0.2) is 0 Å². The SMILES string of the molecule is CC[C@H]1OC12CCN(C(=O)OC(C)(C)C)CC2. The van der Waals surface area contributed by atoms with Gasteiger partial charge in [0.25, 0.3) is 0 Å². The number of nitrogens with zero attached hydrogens (tertiary/aromatic N) is 1. The van der Waals surface area contributed by atoms with Gasteiger partial charge in [0.05, 0.1) is 11.7 Å². The Kier molecular flexibility index (Phi) is 3.10. The topological polar surface area (TPSA) is 42.1 Å². The quantitative estimate of drug-likeness (QED) is 0.663.